The lowest BCUT2D eigenvalue weighted by Gasteiger charge is -2.07. The Hall–Kier alpha value is -1.62. The average Bonchev–Trinajstić information content (AvgIpc) is 2.35. The van der Waals surface area contributed by atoms with E-state index in [2.05, 4.69) is 5.32 Å². The van der Waals surface area contributed by atoms with E-state index in [1.54, 1.807) is 0 Å². The summed E-state index contributed by atoms with van der Waals surface area (Å²) >= 11 is 0. The summed E-state index contributed by atoms with van der Waals surface area (Å²) in [5.74, 6) is -1.15. The molecule has 0 saturated carbocycles. The summed E-state index contributed by atoms with van der Waals surface area (Å²) in [6, 6.07) is 5.68. The third-order valence-corrected chi connectivity index (χ3v) is 3.94. The Morgan fingerprint density at radius 1 is 1.21 bits per heavy atom. The molecule has 0 aliphatic rings. The van der Waals surface area contributed by atoms with Crippen LogP contribution in [0.25, 0.3) is 0 Å². The maximum Gasteiger partial charge on any atom is 0.466 e. The maximum atomic E-state index is 11.7. The molecule has 0 unspecified atom stereocenters. The van der Waals surface area contributed by atoms with Crippen LogP contribution >= 0.6 is 7.82 Å². The summed E-state index contributed by atoms with van der Waals surface area (Å²) < 4.78 is 32.3. The summed E-state index contributed by atoms with van der Waals surface area (Å²) in [6.45, 7) is 0.824. The molecule has 1 amide bonds. The van der Waals surface area contributed by atoms with E-state index >= 15 is 0 Å². The minimum absolute atomic E-state index is 0.0159. The van der Waals surface area contributed by atoms with E-state index in [4.69, 9.17) is 24.4 Å². The second-order valence-corrected chi connectivity index (χ2v) is 7.65. The monoisotopic (exact) mass is 383 g/mol. The van der Waals surface area contributed by atoms with Gasteiger partial charge in [-0.05, 0) is 25.1 Å². The van der Waals surface area contributed by atoms with Crippen molar-refractivity contribution in [2.75, 3.05) is 17.7 Å². The molecular formula is C12H18NO9PS. The Bertz CT molecular complexity index is 718. The fraction of sp³-hybridized carbons (Fsp3) is 0.333. The number of benzene rings is 1. The molecule has 0 fully saturated rings. The molecule has 0 heterocycles. The predicted molar refractivity (Wildman–Crippen MR) is 83.8 cm³/mol. The molecule has 0 aromatic heterocycles. The van der Waals surface area contributed by atoms with Crippen LogP contribution in [0.3, 0.4) is 0 Å². The molecule has 0 atom stereocenters. The molecule has 1 rings (SSSR count). The van der Waals surface area contributed by atoms with Crippen LogP contribution in [0.1, 0.15) is 13.3 Å². The van der Waals surface area contributed by atoms with Crippen molar-refractivity contribution < 1.29 is 42.4 Å². The molecule has 0 spiro atoms. The average molecular weight is 383 g/mol. The van der Waals surface area contributed by atoms with E-state index in [0.29, 0.717) is 5.69 Å². The van der Waals surface area contributed by atoms with E-state index in [1.807, 2.05) is 0 Å². The van der Waals surface area contributed by atoms with Crippen LogP contribution < -0.4 is 5.32 Å². The molecule has 24 heavy (non-hydrogen) atoms. The number of hydrogen-bond donors (Lipinski definition) is 5. The molecule has 0 aliphatic carbocycles. The van der Waals surface area contributed by atoms with Gasteiger partial charge in [0.05, 0.1) is 23.7 Å². The van der Waals surface area contributed by atoms with Gasteiger partial charge >= 0.3 is 7.82 Å². The zero-order chi connectivity index (χ0) is 19.0. The lowest BCUT2D eigenvalue weighted by atomic mass is 10.2. The van der Waals surface area contributed by atoms with E-state index < -0.39 is 30.2 Å². The lowest BCUT2D eigenvalue weighted by Crippen LogP contribution is -2.15. The number of aliphatic hydroxyl groups excluding tert-OH is 1. The highest BCUT2D eigenvalue weighted by Crippen LogP contribution is 2.25. The number of ketones is 1. The van der Waals surface area contributed by atoms with Crippen molar-refractivity contribution in [1.29, 1.82) is 0 Å². The lowest BCUT2D eigenvalue weighted by molar-refractivity contribution is -0.124. The van der Waals surface area contributed by atoms with Gasteiger partial charge in [0.2, 0.25) is 5.91 Å². The number of amides is 1. The first-order valence-electron chi connectivity index (χ1n) is 6.36. The summed E-state index contributed by atoms with van der Waals surface area (Å²) in [5, 5.41) is 11.1. The normalized spacial score (nSPS) is 11.2. The number of anilines is 1. The van der Waals surface area contributed by atoms with Crippen LogP contribution in [0.2, 0.25) is 0 Å². The zero-order valence-corrected chi connectivity index (χ0v) is 14.3. The van der Waals surface area contributed by atoms with Gasteiger partial charge in [-0.15, -0.1) is 0 Å². The first-order chi connectivity index (χ1) is 10.8. The largest absolute Gasteiger partial charge is 0.466 e. The van der Waals surface area contributed by atoms with Crippen molar-refractivity contribution in [3.63, 3.8) is 0 Å². The Morgan fingerprint density at radius 3 is 2.21 bits per heavy atom. The van der Waals surface area contributed by atoms with Crippen molar-refractivity contribution >= 4 is 35.0 Å². The fourth-order valence-corrected chi connectivity index (χ4v) is 2.51. The summed E-state index contributed by atoms with van der Waals surface area (Å²) in [7, 11) is -8.20. The van der Waals surface area contributed by atoms with Crippen LogP contribution in [0.15, 0.2) is 29.2 Å². The SMILES string of the molecule is CC(=O)CC(=O)Nc1cccc(S(=O)(=O)CCO)c1.O=P(O)(O)O. The molecule has 1 aromatic carbocycles. The minimum atomic E-state index is -4.64. The Morgan fingerprint density at radius 2 is 1.75 bits per heavy atom. The highest BCUT2D eigenvalue weighted by atomic mass is 32.2. The van der Waals surface area contributed by atoms with Gasteiger partial charge in [-0.1, -0.05) is 6.07 Å². The smallest absolute Gasteiger partial charge is 0.395 e. The van der Waals surface area contributed by atoms with E-state index in [9.17, 15) is 18.0 Å². The quantitative estimate of drug-likeness (QED) is 0.318. The number of rotatable bonds is 6. The van der Waals surface area contributed by atoms with Crippen LogP contribution in [0.4, 0.5) is 5.69 Å². The van der Waals surface area contributed by atoms with Gasteiger partial charge in [-0.2, -0.15) is 0 Å². The van der Waals surface area contributed by atoms with Gasteiger partial charge in [-0.3, -0.25) is 9.59 Å². The maximum absolute atomic E-state index is 11.7. The highest BCUT2D eigenvalue weighted by molar-refractivity contribution is 7.91. The third-order valence-electron chi connectivity index (χ3n) is 2.25. The summed E-state index contributed by atoms with van der Waals surface area (Å²) in [4.78, 5) is 43.7. The molecule has 5 N–H and O–H groups in total. The van der Waals surface area contributed by atoms with Crippen LogP contribution in [0.5, 0.6) is 0 Å². The number of phosphoric acid groups is 1. The first kappa shape index (κ1) is 22.4. The molecule has 0 bridgehead atoms. The van der Waals surface area contributed by atoms with Gasteiger partial charge in [0, 0.05) is 5.69 Å². The second kappa shape index (κ2) is 9.62. The first-order valence-corrected chi connectivity index (χ1v) is 9.58. The number of sulfone groups is 1. The van der Waals surface area contributed by atoms with Crippen molar-refractivity contribution in [2.45, 2.75) is 18.2 Å². The molecule has 0 aliphatic heterocycles. The van der Waals surface area contributed by atoms with Gasteiger partial charge in [0.1, 0.15) is 5.78 Å². The number of carbonyl (C=O) groups is 2. The minimum Gasteiger partial charge on any atom is -0.395 e. The number of hydrogen-bond acceptors (Lipinski definition) is 6. The number of nitrogens with one attached hydrogen (secondary N) is 1. The fourth-order valence-electron chi connectivity index (χ4n) is 1.44. The number of Topliss-reactive ketones (excluding diaryl/α,β-unsaturated/α-hetero) is 1. The van der Waals surface area contributed by atoms with Gasteiger partial charge in [0.15, 0.2) is 9.84 Å². The standard InChI is InChI=1S/C12H15NO5S.H3O4P/c1-9(15)7-12(16)13-10-3-2-4-11(8-10)19(17,18)6-5-14;1-5(2,3)4/h2-4,8,14H,5-7H2,1H3,(H,13,16);(H3,1,2,3,4). The Labute approximate surface area is 138 Å². The van der Waals surface area contributed by atoms with E-state index in [-0.39, 0.29) is 22.9 Å². The van der Waals surface area contributed by atoms with E-state index in [0.717, 1.165) is 0 Å². The van der Waals surface area contributed by atoms with Crippen molar-refractivity contribution in [3.05, 3.63) is 24.3 Å². The summed E-state index contributed by atoms with van der Waals surface area (Å²) in [5.41, 5.74) is 0.297. The van der Waals surface area contributed by atoms with Gasteiger partial charge in [-0.25, -0.2) is 13.0 Å². The topological polar surface area (TPSA) is 178 Å². The molecular weight excluding hydrogens is 365 g/mol. The predicted octanol–water partition coefficient (Wildman–Crippen LogP) is -0.558. The molecule has 136 valence electrons. The molecule has 10 nitrogen and oxygen atoms in total. The van der Waals surface area contributed by atoms with Crippen molar-refractivity contribution in [1.82, 2.24) is 0 Å². The van der Waals surface area contributed by atoms with Crippen LogP contribution in [-0.4, -0.2) is 52.3 Å². The van der Waals surface area contributed by atoms with Crippen molar-refractivity contribution in [2.24, 2.45) is 0 Å². The van der Waals surface area contributed by atoms with Gasteiger partial charge < -0.3 is 25.1 Å². The molecule has 12 heteroatoms. The third kappa shape index (κ3) is 11.0. The van der Waals surface area contributed by atoms with Crippen LogP contribution in [-0.2, 0) is 24.0 Å². The number of carbonyl (C=O) groups excluding carboxylic acids is 2. The Kier molecular flexibility index (Phi) is 8.97. The zero-order valence-electron chi connectivity index (χ0n) is 12.6. The molecule has 1 aromatic rings. The number of aliphatic hydroxyl groups is 1. The van der Waals surface area contributed by atoms with Gasteiger partial charge in [0.25, 0.3) is 0 Å². The van der Waals surface area contributed by atoms with Crippen LogP contribution in [0, 0.1) is 0 Å². The Balaban J connectivity index is 0.000000922. The summed E-state index contributed by atoms with van der Waals surface area (Å²) in [6.07, 6.45) is -0.256. The molecule has 0 saturated heterocycles. The molecule has 0 radical (unpaired) electrons. The second-order valence-electron chi connectivity index (χ2n) is 4.51. The highest BCUT2D eigenvalue weighted by Gasteiger charge is 2.14. The van der Waals surface area contributed by atoms with E-state index in [1.165, 1.54) is 31.2 Å². The van der Waals surface area contributed by atoms with Crippen molar-refractivity contribution in [3.8, 4) is 0 Å².